The molecule has 0 aliphatic rings. The molecule has 5 nitrogen and oxygen atoms in total. The van der Waals surface area contributed by atoms with Crippen LogP contribution in [0, 0.1) is 18.3 Å². The Balaban J connectivity index is 1.97. The molecule has 0 fully saturated rings. The molecule has 0 N–H and O–H groups in total. The summed E-state index contributed by atoms with van der Waals surface area (Å²) >= 11 is 9.19. The average Bonchev–Trinajstić information content (AvgIpc) is 2.64. The van der Waals surface area contributed by atoms with Crippen molar-refractivity contribution in [2.24, 2.45) is 0 Å². The van der Waals surface area contributed by atoms with Crippen LogP contribution in [0.5, 0.6) is 5.75 Å². The van der Waals surface area contributed by atoms with E-state index in [1.54, 1.807) is 24.3 Å². The fourth-order valence-electron chi connectivity index (χ4n) is 2.81. The van der Waals surface area contributed by atoms with Gasteiger partial charge in [-0.05, 0) is 53.2 Å². The molecule has 29 heavy (non-hydrogen) atoms. The predicted molar refractivity (Wildman–Crippen MR) is 105 cm³/mol. The first-order chi connectivity index (χ1) is 13.6. The summed E-state index contributed by atoms with van der Waals surface area (Å²) in [5.41, 5.74) is -2.17. The van der Waals surface area contributed by atoms with E-state index in [2.05, 4.69) is 20.9 Å². The van der Waals surface area contributed by atoms with Gasteiger partial charge in [0.05, 0.1) is 33.0 Å². The van der Waals surface area contributed by atoms with Crippen molar-refractivity contribution < 1.29 is 17.9 Å². The lowest BCUT2D eigenvalue weighted by molar-refractivity contribution is -0.137. The number of benzene rings is 2. The van der Waals surface area contributed by atoms with E-state index >= 15 is 0 Å². The van der Waals surface area contributed by atoms with Crippen molar-refractivity contribution in [1.29, 1.82) is 5.26 Å². The Bertz CT molecular complexity index is 1200. The summed E-state index contributed by atoms with van der Waals surface area (Å²) in [6.45, 7) is 1.69. The Morgan fingerprint density at radius 1 is 1.31 bits per heavy atom. The van der Waals surface area contributed by atoms with Gasteiger partial charge in [0.2, 0.25) is 0 Å². The summed E-state index contributed by atoms with van der Waals surface area (Å²) in [7, 11) is 0. The first-order valence-corrected chi connectivity index (χ1v) is 9.39. The molecule has 2 aromatic carbocycles. The summed E-state index contributed by atoms with van der Waals surface area (Å²) in [5, 5.41) is 9.63. The molecule has 3 rings (SSSR count). The number of nitriles is 1. The van der Waals surface area contributed by atoms with E-state index in [9.17, 15) is 23.2 Å². The molecule has 0 aliphatic carbocycles. The van der Waals surface area contributed by atoms with Gasteiger partial charge in [0, 0.05) is 5.02 Å². The third-order valence-electron chi connectivity index (χ3n) is 4.16. The van der Waals surface area contributed by atoms with Crippen molar-refractivity contribution in [3.63, 3.8) is 0 Å². The van der Waals surface area contributed by atoms with Crippen LogP contribution >= 0.6 is 27.5 Å². The molecule has 0 unspecified atom stereocenters. The lowest BCUT2D eigenvalue weighted by Crippen LogP contribution is -2.27. The van der Waals surface area contributed by atoms with Gasteiger partial charge in [-0.15, -0.1) is 0 Å². The van der Waals surface area contributed by atoms with Gasteiger partial charge in [0.15, 0.2) is 0 Å². The topological polar surface area (TPSA) is 67.9 Å². The number of nitrogens with zero attached hydrogens (tertiary/aromatic N) is 3. The first kappa shape index (κ1) is 21.1. The lowest BCUT2D eigenvalue weighted by atomic mass is 10.1. The van der Waals surface area contributed by atoms with Crippen LogP contribution in [0.4, 0.5) is 13.2 Å². The molecule has 150 valence electrons. The molecule has 0 atom stereocenters. The number of fused-ring (bicyclic) bond motifs is 1. The second kappa shape index (κ2) is 8.05. The van der Waals surface area contributed by atoms with Crippen LogP contribution in [-0.4, -0.2) is 16.2 Å². The van der Waals surface area contributed by atoms with Gasteiger partial charge in [-0.25, -0.2) is 4.98 Å². The molecule has 0 spiro atoms. The maximum Gasteiger partial charge on any atom is 0.416 e. The molecular weight excluding hydrogens is 475 g/mol. The van der Waals surface area contributed by atoms with E-state index in [1.807, 2.05) is 0 Å². The Labute approximate surface area is 176 Å². The molecule has 0 amide bonds. The van der Waals surface area contributed by atoms with Crippen molar-refractivity contribution in [3.8, 4) is 11.8 Å². The molecule has 10 heteroatoms. The fourth-order valence-corrected chi connectivity index (χ4v) is 3.61. The van der Waals surface area contributed by atoms with Crippen molar-refractivity contribution in [2.75, 3.05) is 6.61 Å². The molecule has 1 aromatic heterocycles. The summed E-state index contributed by atoms with van der Waals surface area (Å²) in [5.74, 6) is 0.728. The molecule has 0 radical (unpaired) electrons. The minimum absolute atomic E-state index is 0.0918. The van der Waals surface area contributed by atoms with Crippen LogP contribution in [-0.2, 0) is 12.7 Å². The summed E-state index contributed by atoms with van der Waals surface area (Å²) < 4.78 is 46.7. The van der Waals surface area contributed by atoms with Crippen LogP contribution in [0.25, 0.3) is 10.9 Å². The highest BCUT2D eigenvalue weighted by Crippen LogP contribution is 2.32. The van der Waals surface area contributed by atoms with Crippen molar-refractivity contribution in [3.05, 3.63) is 67.1 Å². The highest BCUT2D eigenvalue weighted by atomic mass is 79.9. The second-order valence-corrected chi connectivity index (χ2v) is 7.36. The van der Waals surface area contributed by atoms with Crippen LogP contribution in [0.1, 0.15) is 17.0 Å². The maximum atomic E-state index is 13.0. The number of halogens is 5. The lowest BCUT2D eigenvalue weighted by Gasteiger charge is -2.14. The summed E-state index contributed by atoms with van der Waals surface area (Å²) in [6, 6.07) is 8.06. The van der Waals surface area contributed by atoms with Crippen molar-refractivity contribution in [2.45, 2.75) is 19.6 Å². The fraction of sp³-hybridized carbons (Fsp3) is 0.211. The third-order valence-corrected chi connectivity index (χ3v) is 5.02. The zero-order valence-electron chi connectivity index (χ0n) is 14.8. The summed E-state index contributed by atoms with van der Waals surface area (Å²) in [4.78, 5) is 17.0. The summed E-state index contributed by atoms with van der Waals surface area (Å²) in [6.07, 6.45) is -4.65. The smallest absolute Gasteiger partial charge is 0.416 e. The number of aromatic nitrogens is 2. The molecule has 0 aliphatic heterocycles. The number of rotatable bonds is 4. The van der Waals surface area contributed by atoms with Crippen LogP contribution in [0.15, 0.2) is 39.6 Å². The number of aryl methyl sites for hydroxylation is 1. The van der Waals surface area contributed by atoms with Crippen molar-refractivity contribution in [1.82, 2.24) is 9.55 Å². The Morgan fingerprint density at radius 3 is 2.66 bits per heavy atom. The Kier molecular flexibility index (Phi) is 5.87. The Hall–Kier alpha value is -2.57. The van der Waals surface area contributed by atoms with Gasteiger partial charge in [-0.1, -0.05) is 11.6 Å². The highest BCUT2D eigenvalue weighted by Gasteiger charge is 2.32. The molecule has 0 bridgehead atoms. The van der Waals surface area contributed by atoms with Gasteiger partial charge in [-0.3, -0.25) is 9.36 Å². The minimum Gasteiger partial charge on any atom is -0.491 e. The maximum absolute atomic E-state index is 13.0. The van der Waals surface area contributed by atoms with Gasteiger partial charge in [0.1, 0.15) is 24.3 Å². The Morgan fingerprint density at radius 2 is 2.03 bits per heavy atom. The van der Waals surface area contributed by atoms with Gasteiger partial charge < -0.3 is 4.74 Å². The predicted octanol–water partition coefficient (Wildman–Crippen LogP) is 5.09. The monoisotopic (exact) mass is 485 g/mol. The van der Waals surface area contributed by atoms with Gasteiger partial charge in [0.25, 0.3) is 5.56 Å². The van der Waals surface area contributed by atoms with Crippen LogP contribution in [0.3, 0.4) is 0 Å². The van der Waals surface area contributed by atoms with Crippen LogP contribution in [0.2, 0.25) is 5.02 Å². The molecule has 0 saturated heterocycles. The quantitative estimate of drug-likeness (QED) is 0.515. The molecular formula is C19H12BrClF3N3O2. The SMILES string of the molecule is Cc1nc2cc(C(F)(F)F)cc(C#N)c2c(=O)n1CCOc1ccc(Cl)cc1Br. The van der Waals surface area contributed by atoms with Gasteiger partial charge >= 0.3 is 6.18 Å². The number of hydrogen-bond acceptors (Lipinski definition) is 4. The zero-order valence-corrected chi connectivity index (χ0v) is 17.2. The number of hydrogen-bond donors (Lipinski definition) is 0. The molecule has 3 aromatic rings. The zero-order chi connectivity index (χ0) is 21.3. The molecule has 0 saturated carbocycles. The third kappa shape index (κ3) is 4.38. The van der Waals surface area contributed by atoms with E-state index in [-0.39, 0.29) is 35.4 Å². The van der Waals surface area contributed by atoms with E-state index in [4.69, 9.17) is 16.3 Å². The number of alkyl halides is 3. The molecule has 1 heterocycles. The van der Waals surface area contributed by atoms with E-state index in [0.717, 1.165) is 6.07 Å². The average molecular weight is 487 g/mol. The van der Waals surface area contributed by atoms with E-state index in [1.165, 1.54) is 11.5 Å². The second-order valence-electron chi connectivity index (χ2n) is 6.07. The van der Waals surface area contributed by atoms with Gasteiger partial charge in [-0.2, -0.15) is 18.4 Å². The number of ether oxygens (including phenoxy) is 1. The standard InChI is InChI=1S/C19H12BrClF3N3O2/c1-10-26-15-7-12(19(22,23)24)6-11(9-25)17(15)18(28)27(10)4-5-29-16-3-2-13(21)8-14(16)20/h2-3,6-8H,4-5H2,1H3. The normalized spacial score (nSPS) is 11.5. The first-order valence-electron chi connectivity index (χ1n) is 8.22. The van der Waals surface area contributed by atoms with Crippen LogP contribution < -0.4 is 10.3 Å². The highest BCUT2D eigenvalue weighted by molar-refractivity contribution is 9.10. The largest absolute Gasteiger partial charge is 0.491 e. The minimum atomic E-state index is -4.65. The van der Waals surface area contributed by atoms with E-state index in [0.29, 0.717) is 21.3 Å². The van der Waals surface area contributed by atoms with E-state index < -0.39 is 17.3 Å². The van der Waals surface area contributed by atoms with Crippen molar-refractivity contribution >= 4 is 38.4 Å².